The van der Waals surface area contributed by atoms with Gasteiger partial charge in [-0.05, 0) is 36.8 Å². The number of nitro benzene ring substituents is 1. The molecule has 108 valence electrons. The van der Waals surface area contributed by atoms with E-state index in [0.29, 0.717) is 18.4 Å². The summed E-state index contributed by atoms with van der Waals surface area (Å²) in [4.78, 5) is 21.4. The molecule has 0 saturated heterocycles. The fraction of sp³-hybridized carbons (Fsp3) is 0.500. The van der Waals surface area contributed by atoms with E-state index in [1.54, 1.807) is 0 Å². The van der Waals surface area contributed by atoms with Crippen LogP contribution in [0.3, 0.4) is 0 Å². The normalized spacial score (nSPS) is 21.6. The Morgan fingerprint density at radius 3 is 2.80 bits per heavy atom. The van der Waals surface area contributed by atoms with Crippen molar-refractivity contribution in [1.29, 1.82) is 0 Å². The second kappa shape index (κ2) is 5.90. The van der Waals surface area contributed by atoms with Crippen molar-refractivity contribution in [2.24, 2.45) is 11.8 Å². The first-order valence-electron chi connectivity index (χ1n) is 6.73. The zero-order valence-corrected chi connectivity index (χ0v) is 11.3. The Kier molecular flexibility index (Phi) is 4.22. The minimum atomic E-state index is -1.09. The molecule has 0 bridgehead atoms. The van der Waals surface area contributed by atoms with Gasteiger partial charge in [0.15, 0.2) is 0 Å². The molecular formula is C14H18N2O4. The van der Waals surface area contributed by atoms with Crippen LogP contribution in [0.2, 0.25) is 0 Å². The highest BCUT2D eigenvalue weighted by molar-refractivity contribution is 5.90. The Morgan fingerprint density at radius 1 is 1.50 bits per heavy atom. The molecule has 0 aliphatic heterocycles. The number of nitrogens with zero attached hydrogens (tertiary/aromatic N) is 1. The molecule has 1 aliphatic carbocycles. The van der Waals surface area contributed by atoms with Crippen LogP contribution in [-0.2, 0) is 0 Å². The Morgan fingerprint density at radius 2 is 2.25 bits per heavy atom. The van der Waals surface area contributed by atoms with Gasteiger partial charge >= 0.3 is 5.97 Å². The molecule has 6 heteroatoms. The fourth-order valence-electron chi connectivity index (χ4n) is 2.73. The second-order valence-electron chi connectivity index (χ2n) is 5.46. The van der Waals surface area contributed by atoms with Gasteiger partial charge in [-0.3, -0.25) is 10.1 Å². The van der Waals surface area contributed by atoms with E-state index >= 15 is 0 Å². The van der Waals surface area contributed by atoms with Gasteiger partial charge in [0, 0.05) is 12.6 Å². The van der Waals surface area contributed by atoms with Gasteiger partial charge in [-0.15, -0.1) is 0 Å². The number of hydrogen-bond acceptors (Lipinski definition) is 4. The molecule has 2 N–H and O–H groups in total. The molecule has 0 heterocycles. The third kappa shape index (κ3) is 3.26. The summed E-state index contributed by atoms with van der Waals surface area (Å²) in [5.74, 6) is 0.109. The summed E-state index contributed by atoms with van der Waals surface area (Å²) in [6, 6.07) is 3.82. The number of benzene rings is 1. The predicted octanol–water partition coefficient (Wildman–Crippen LogP) is 3.14. The van der Waals surface area contributed by atoms with Gasteiger partial charge in [-0.25, -0.2) is 4.79 Å². The number of carbonyl (C=O) groups is 1. The molecule has 2 unspecified atom stereocenters. The van der Waals surface area contributed by atoms with Gasteiger partial charge in [0.05, 0.1) is 10.5 Å². The fourth-order valence-corrected chi connectivity index (χ4v) is 2.73. The van der Waals surface area contributed by atoms with E-state index < -0.39 is 10.9 Å². The van der Waals surface area contributed by atoms with Crippen LogP contribution in [0.25, 0.3) is 0 Å². The number of anilines is 1. The van der Waals surface area contributed by atoms with E-state index in [0.717, 1.165) is 12.8 Å². The number of aromatic carboxylic acids is 1. The summed E-state index contributed by atoms with van der Waals surface area (Å²) >= 11 is 0. The number of carboxylic acid groups (broad SMARTS) is 1. The molecule has 2 rings (SSSR count). The number of rotatable bonds is 5. The van der Waals surface area contributed by atoms with Gasteiger partial charge in [0.2, 0.25) is 0 Å². The Hall–Kier alpha value is -2.11. The first kappa shape index (κ1) is 14.3. The molecule has 0 radical (unpaired) electrons. The second-order valence-corrected chi connectivity index (χ2v) is 5.46. The lowest BCUT2D eigenvalue weighted by Gasteiger charge is -2.13. The van der Waals surface area contributed by atoms with Crippen molar-refractivity contribution in [3.63, 3.8) is 0 Å². The molecule has 1 fully saturated rings. The maximum Gasteiger partial charge on any atom is 0.335 e. The van der Waals surface area contributed by atoms with Crippen LogP contribution in [-0.4, -0.2) is 22.5 Å². The van der Waals surface area contributed by atoms with Gasteiger partial charge < -0.3 is 10.4 Å². The van der Waals surface area contributed by atoms with Crippen LogP contribution >= 0.6 is 0 Å². The molecule has 1 aromatic rings. The Labute approximate surface area is 117 Å². The number of nitro groups is 1. The van der Waals surface area contributed by atoms with Crippen molar-refractivity contribution in [3.05, 3.63) is 33.9 Å². The third-order valence-corrected chi connectivity index (χ3v) is 3.82. The summed E-state index contributed by atoms with van der Waals surface area (Å²) < 4.78 is 0. The molecule has 0 amide bonds. The minimum absolute atomic E-state index is 0.0536. The van der Waals surface area contributed by atoms with Crippen molar-refractivity contribution in [2.45, 2.75) is 26.2 Å². The highest BCUT2D eigenvalue weighted by Gasteiger charge is 2.22. The van der Waals surface area contributed by atoms with E-state index in [1.165, 1.54) is 24.6 Å². The topological polar surface area (TPSA) is 92.5 Å². The van der Waals surface area contributed by atoms with E-state index in [2.05, 4.69) is 12.2 Å². The lowest BCUT2D eigenvalue weighted by Crippen LogP contribution is -2.13. The molecule has 6 nitrogen and oxygen atoms in total. The third-order valence-electron chi connectivity index (χ3n) is 3.82. The van der Waals surface area contributed by atoms with Crippen LogP contribution in [0.1, 0.15) is 36.5 Å². The minimum Gasteiger partial charge on any atom is -0.478 e. The van der Waals surface area contributed by atoms with Crippen LogP contribution in [0.4, 0.5) is 11.4 Å². The highest BCUT2D eigenvalue weighted by Crippen LogP contribution is 2.32. The first-order valence-corrected chi connectivity index (χ1v) is 6.73. The van der Waals surface area contributed by atoms with Crippen molar-refractivity contribution >= 4 is 17.3 Å². The average molecular weight is 278 g/mol. The standard InChI is InChI=1S/C14H18N2O4/c1-9-2-3-10(6-9)8-15-12-7-11(14(17)18)4-5-13(12)16(19)20/h4-5,7,9-10,15H,2-3,6,8H2,1H3,(H,17,18). The molecule has 20 heavy (non-hydrogen) atoms. The maximum atomic E-state index is 11.0. The van der Waals surface area contributed by atoms with Crippen molar-refractivity contribution in [1.82, 2.24) is 0 Å². The largest absolute Gasteiger partial charge is 0.478 e. The molecular weight excluding hydrogens is 260 g/mol. The summed E-state index contributed by atoms with van der Waals surface area (Å²) in [5.41, 5.74) is 0.258. The quantitative estimate of drug-likeness (QED) is 0.637. The average Bonchev–Trinajstić information content (AvgIpc) is 2.81. The summed E-state index contributed by atoms with van der Waals surface area (Å²) in [6.45, 7) is 2.85. The van der Waals surface area contributed by atoms with Crippen LogP contribution in [0, 0.1) is 22.0 Å². The molecule has 0 aromatic heterocycles. The molecule has 0 spiro atoms. The SMILES string of the molecule is CC1CCC(CNc2cc(C(=O)O)ccc2[N+](=O)[O-])C1. The lowest BCUT2D eigenvalue weighted by molar-refractivity contribution is -0.384. The lowest BCUT2D eigenvalue weighted by atomic mass is 10.1. The zero-order valence-electron chi connectivity index (χ0n) is 11.3. The highest BCUT2D eigenvalue weighted by atomic mass is 16.6. The number of nitrogens with one attached hydrogen (secondary N) is 1. The summed E-state index contributed by atoms with van der Waals surface area (Å²) in [6.07, 6.45) is 3.41. The summed E-state index contributed by atoms with van der Waals surface area (Å²) in [7, 11) is 0. The van der Waals surface area contributed by atoms with Crippen LogP contribution < -0.4 is 5.32 Å². The van der Waals surface area contributed by atoms with E-state index in [9.17, 15) is 14.9 Å². The van der Waals surface area contributed by atoms with Crippen molar-refractivity contribution in [3.8, 4) is 0 Å². The van der Waals surface area contributed by atoms with Crippen LogP contribution in [0.15, 0.2) is 18.2 Å². The van der Waals surface area contributed by atoms with Crippen molar-refractivity contribution in [2.75, 3.05) is 11.9 Å². The van der Waals surface area contributed by atoms with E-state index in [4.69, 9.17) is 5.11 Å². The monoisotopic (exact) mass is 278 g/mol. The number of carboxylic acids is 1. The summed E-state index contributed by atoms with van der Waals surface area (Å²) in [5, 5.41) is 23.0. The predicted molar refractivity (Wildman–Crippen MR) is 75.1 cm³/mol. The van der Waals surface area contributed by atoms with Gasteiger partial charge in [0.25, 0.3) is 5.69 Å². The molecule has 2 atom stereocenters. The van der Waals surface area contributed by atoms with Crippen LogP contribution in [0.5, 0.6) is 0 Å². The van der Waals surface area contributed by atoms with E-state index in [-0.39, 0.29) is 16.9 Å². The Balaban J connectivity index is 2.13. The van der Waals surface area contributed by atoms with Gasteiger partial charge in [0.1, 0.15) is 5.69 Å². The Bertz CT molecular complexity index is 530. The number of hydrogen-bond donors (Lipinski definition) is 2. The van der Waals surface area contributed by atoms with Gasteiger partial charge in [-0.2, -0.15) is 0 Å². The molecule has 1 saturated carbocycles. The maximum absolute atomic E-state index is 11.0. The molecule has 1 aliphatic rings. The van der Waals surface area contributed by atoms with Gasteiger partial charge in [-0.1, -0.05) is 13.3 Å². The van der Waals surface area contributed by atoms with E-state index in [1.807, 2.05) is 0 Å². The molecule has 1 aromatic carbocycles. The smallest absolute Gasteiger partial charge is 0.335 e. The zero-order chi connectivity index (χ0) is 14.7. The van der Waals surface area contributed by atoms with Crippen molar-refractivity contribution < 1.29 is 14.8 Å². The first-order chi connectivity index (χ1) is 9.47.